The van der Waals surface area contributed by atoms with Gasteiger partial charge in [0.1, 0.15) is 6.07 Å². The summed E-state index contributed by atoms with van der Waals surface area (Å²) in [6.45, 7) is 0. The quantitative estimate of drug-likeness (QED) is 0.736. The maximum atomic E-state index is 11.3. The topological polar surface area (TPSA) is 120 Å². The number of sulfonamides is 1. The van der Waals surface area contributed by atoms with E-state index in [4.69, 9.17) is 16.3 Å². The average molecular weight is 236 g/mol. The van der Waals surface area contributed by atoms with Crippen molar-refractivity contribution in [1.29, 1.82) is 10.5 Å². The van der Waals surface area contributed by atoms with E-state index in [1.54, 1.807) is 0 Å². The van der Waals surface area contributed by atoms with E-state index in [0.717, 1.165) is 0 Å². The summed E-state index contributed by atoms with van der Waals surface area (Å²) in [5.41, 5.74) is 6.04. The molecule has 0 spiro atoms. The SMILES string of the molecule is N#CCS(=O)(=O)Nc1ccc(N)cc1C#N. The Morgan fingerprint density at radius 2 is 2.06 bits per heavy atom. The van der Waals surface area contributed by atoms with Crippen LogP contribution < -0.4 is 10.5 Å². The molecule has 0 heterocycles. The highest BCUT2D eigenvalue weighted by atomic mass is 32.2. The molecule has 3 N–H and O–H groups in total. The summed E-state index contributed by atoms with van der Waals surface area (Å²) in [6, 6.07) is 7.52. The molecule has 0 aliphatic carbocycles. The molecule has 0 saturated carbocycles. The Morgan fingerprint density at radius 1 is 1.38 bits per heavy atom. The first-order chi connectivity index (χ1) is 7.48. The summed E-state index contributed by atoms with van der Waals surface area (Å²) < 4.78 is 24.7. The van der Waals surface area contributed by atoms with Crippen LogP contribution in [0.4, 0.5) is 11.4 Å². The van der Waals surface area contributed by atoms with E-state index in [1.807, 2.05) is 6.07 Å². The number of benzene rings is 1. The molecule has 7 heteroatoms. The maximum Gasteiger partial charge on any atom is 0.246 e. The summed E-state index contributed by atoms with van der Waals surface area (Å²) >= 11 is 0. The standard InChI is InChI=1S/C9H8N4O2S/c10-3-4-16(14,15)13-9-2-1-8(12)5-7(9)6-11/h1-2,5,13H,4,12H2. The summed E-state index contributed by atoms with van der Waals surface area (Å²) in [5.74, 6) is -0.664. The van der Waals surface area contributed by atoms with Gasteiger partial charge in [0.05, 0.1) is 17.3 Å². The number of nitriles is 2. The molecule has 0 bridgehead atoms. The van der Waals surface area contributed by atoms with Crippen molar-refractivity contribution in [3.63, 3.8) is 0 Å². The van der Waals surface area contributed by atoms with Crippen LogP contribution in [0.1, 0.15) is 5.56 Å². The summed E-state index contributed by atoms with van der Waals surface area (Å²) in [4.78, 5) is 0. The van der Waals surface area contributed by atoms with E-state index in [9.17, 15) is 8.42 Å². The highest BCUT2D eigenvalue weighted by Gasteiger charge is 2.12. The molecule has 6 nitrogen and oxygen atoms in total. The number of nitrogen functional groups attached to an aromatic ring is 1. The van der Waals surface area contributed by atoms with Gasteiger partial charge in [0.25, 0.3) is 0 Å². The fraction of sp³-hybridized carbons (Fsp3) is 0.111. The Kier molecular flexibility index (Phi) is 3.33. The molecule has 0 radical (unpaired) electrons. The highest BCUT2D eigenvalue weighted by molar-refractivity contribution is 7.92. The van der Waals surface area contributed by atoms with E-state index in [0.29, 0.717) is 5.69 Å². The van der Waals surface area contributed by atoms with E-state index in [1.165, 1.54) is 24.3 Å². The Bertz CT molecular complexity index is 581. The lowest BCUT2D eigenvalue weighted by molar-refractivity contribution is 0.604. The van der Waals surface area contributed by atoms with Gasteiger partial charge in [-0.25, -0.2) is 8.42 Å². The van der Waals surface area contributed by atoms with Gasteiger partial charge in [0.15, 0.2) is 5.75 Å². The van der Waals surface area contributed by atoms with Crippen molar-refractivity contribution in [2.45, 2.75) is 0 Å². The number of hydrogen-bond acceptors (Lipinski definition) is 5. The maximum absolute atomic E-state index is 11.3. The molecule has 0 aliphatic heterocycles. The van der Waals surface area contributed by atoms with Gasteiger partial charge >= 0.3 is 0 Å². The minimum Gasteiger partial charge on any atom is -0.399 e. The first-order valence-corrected chi connectivity index (χ1v) is 5.81. The van der Waals surface area contributed by atoms with Crippen molar-refractivity contribution in [2.24, 2.45) is 0 Å². The van der Waals surface area contributed by atoms with Crippen LogP contribution in [0.25, 0.3) is 0 Å². The predicted molar refractivity (Wildman–Crippen MR) is 58.6 cm³/mol. The van der Waals surface area contributed by atoms with Gasteiger partial charge in [-0.05, 0) is 18.2 Å². The second-order valence-electron chi connectivity index (χ2n) is 2.94. The van der Waals surface area contributed by atoms with Crippen molar-refractivity contribution in [3.05, 3.63) is 23.8 Å². The molecule has 0 atom stereocenters. The molecular formula is C9H8N4O2S. The van der Waals surface area contributed by atoms with Crippen LogP contribution in [0, 0.1) is 22.7 Å². The lowest BCUT2D eigenvalue weighted by Crippen LogP contribution is -2.16. The van der Waals surface area contributed by atoms with Gasteiger partial charge in [0, 0.05) is 5.69 Å². The molecule has 0 aromatic heterocycles. The molecular weight excluding hydrogens is 228 g/mol. The van der Waals surface area contributed by atoms with Crippen LogP contribution in [0.2, 0.25) is 0 Å². The smallest absolute Gasteiger partial charge is 0.246 e. The first-order valence-electron chi connectivity index (χ1n) is 4.15. The number of hydrogen-bond donors (Lipinski definition) is 2. The second kappa shape index (κ2) is 4.51. The van der Waals surface area contributed by atoms with E-state index in [-0.39, 0.29) is 11.3 Å². The molecule has 0 aliphatic rings. The minimum atomic E-state index is -3.73. The van der Waals surface area contributed by atoms with E-state index >= 15 is 0 Å². The molecule has 1 rings (SSSR count). The number of anilines is 2. The summed E-state index contributed by atoms with van der Waals surface area (Å²) in [5, 5.41) is 17.1. The number of nitrogens with zero attached hydrogens (tertiary/aromatic N) is 2. The van der Waals surface area contributed by atoms with Crippen molar-refractivity contribution in [3.8, 4) is 12.1 Å². The molecule has 0 saturated heterocycles. The molecule has 82 valence electrons. The number of nitrogens with two attached hydrogens (primary N) is 1. The van der Waals surface area contributed by atoms with Gasteiger partial charge < -0.3 is 5.73 Å². The van der Waals surface area contributed by atoms with Gasteiger partial charge in [0.2, 0.25) is 10.0 Å². The zero-order valence-corrected chi connectivity index (χ0v) is 8.95. The van der Waals surface area contributed by atoms with Crippen LogP contribution in [-0.4, -0.2) is 14.2 Å². The molecule has 0 fully saturated rings. The molecule has 0 unspecified atom stereocenters. The Balaban J connectivity index is 3.09. The molecule has 0 amide bonds. The predicted octanol–water partition coefficient (Wildman–Crippen LogP) is 0.406. The van der Waals surface area contributed by atoms with E-state index < -0.39 is 15.8 Å². The van der Waals surface area contributed by atoms with Crippen LogP contribution in [0.15, 0.2) is 18.2 Å². The van der Waals surface area contributed by atoms with Gasteiger partial charge in [-0.1, -0.05) is 0 Å². The minimum absolute atomic E-state index is 0.113. The second-order valence-corrected chi connectivity index (χ2v) is 4.66. The lowest BCUT2D eigenvalue weighted by atomic mass is 10.2. The lowest BCUT2D eigenvalue weighted by Gasteiger charge is -2.07. The monoisotopic (exact) mass is 236 g/mol. The average Bonchev–Trinajstić information content (AvgIpc) is 2.20. The van der Waals surface area contributed by atoms with Crippen molar-refractivity contribution < 1.29 is 8.42 Å². The third-order valence-electron chi connectivity index (χ3n) is 1.68. The van der Waals surface area contributed by atoms with Crippen LogP contribution in [-0.2, 0) is 10.0 Å². The molecule has 16 heavy (non-hydrogen) atoms. The van der Waals surface area contributed by atoms with Crippen molar-refractivity contribution in [2.75, 3.05) is 16.2 Å². The van der Waals surface area contributed by atoms with Gasteiger partial charge in [-0.2, -0.15) is 10.5 Å². The normalized spacial score (nSPS) is 10.1. The third kappa shape index (κ3) is 2.87. The van der Waals surface area contributed by atoms with Gasteiger partial charge in [-0.3, -0.25) is 4.72 Å². The fourth-order valence-corrected chi connectivity index (χ4v) is 1.79. The Hall–Kier alpha value is -2.25. The van der Waals surface area contributed by atoms with Crippen LogP contribution >= 0.6 is 0 Å². The summed E-state index contributed by atoms with van der Waals surface area (Å²) in [6.07, 6.45) is 0. The highest BCUT2D eigenvalue weighted by Crippen LogP contribution is 2.19. The largest absolute Gasteiger partial charge is 0.399 e. The Morgan fingerprint density at radius 3 is 2.62 bits per heavy atom. The van der Waals surface area contributed by atoms with Crippen molar-refractivity contribution >= 4 is 21.4 Å². The van der Waals surface area contributed by atoms with E-state index in [2.05, 4.69) is 4.72 Å². The van der Waals surface area contributed by atoms with Crippen LogP contribution in [0.5, 0.6) is 0 Å². The fourth-order valence-electron chi connectivity index (χ4n) is 1.03. The number of rotatable bonds is 3. The summed E-state index contributed by atoms with van der Waals surface area (Å²) in [7, 11) is -3.73. The number of nitrogens with one attached hydrogen (secondary N) is 1. The first kappa shape index (κ1) is 11.8. The zero-order chi connectivity index (χ0) is 12.2. The molecule has 1 aromatic rings. The van der Waals surface area contributed by atoms with Gasteiger partial charge in [-0.15, -0.1) is 0 Å². The third-order valence-corrected chi connectivity index (χ3v) is 2.72. The zero-order valence-electron chi connectivity index (χ0n) is 8.14. The Labute approximate surface area is 93.0 Å². The van der Waals surface area contributed by atoms with Crippen LogP contribution in [0.3, 0.4) is 0 Å². The molecule has 1 aromatic carbocycles. The van der Waals surface area contributed by atoms with Crippen molar-refractivity contribution in [1.82, 2.24) is 0 Å².